The van der Waals surface area contributed by atoms with E-state index in [4.69, 9.17) is 4.98 Å². The monoisotopic (exact) mass is 255 g/mol. The molecule has 1 aromatic carbocycles. The SMILES string of the molecule is CCCn1c(CC2=CCNCC2)nc2ccccc21. The minimum atomic E-state index is 0.996. The maximum atomic E-state index is 4.83. The Morgan fingerprint density at radius 3 is 3.00 bits per heavy atom. The summed E-state index contributed by atoms with van der Waals surface area (Å²) in [5.41, 5.74) is 3.92. The van der Waals surface area contributed by atoms with Crippen LogP contribution in [0.15, 0.2) is 35.9 Å². The van der Waals surface area contributed by atoms with E-state index in [1.807, 2.05) is 0 Å². The van der Waals surface area contributed by atoms with Gasteiger partial charge in [0.25, 0.3) is 0 Å². The first kappa shape index (κ1) is 12.4. The maximum absolute atomic E-state index is 4.83. The zero-order valence-electron chi connectivity index (χ0n) is 11.5. The van der Waals surface area contributed by atoms with Gasteiger partial charge in [-0.1, -0.05) is 30.7 Å². The number of aromatic nitrogens is 2. The van der Waals surface area contributed by atoms with Crippen molar-refractivity contribution in [3.8, 4) is 0 Å². The Morgan fingerprint density at radius 2 is 2.21 bits per heavy atom. The fourth-order valence-corrected chi connectivity index (χ4v) is 2.77. The fraction of sp³-hybridized carbons (Fsp3) is 0.438. The van der Waals surface area contributed by atoms with Crippen LogP contribution in [0.4, 0.5) is 0 Å². The normalized spacial score (nSPS) is 15.7. The molecule has 2 aromatic rings. The Balaban J connectivity index is 1.97. The highest BCUT2D eigenvalue weighted by Crippen LogP contribution is 2.20. The smallest absolute Gasteiger partial charge is 0.113 e. The highest BCUT2D eigenvalue weighted by Gasteiger charge is 2.12. The van der Waals surface area contributed by atoms with Crippen LogP contribution in [0.25, 0.3) is 11.0 Å². The van der Waals surface area contributed by atoms with E-state index in [1.165, 1.54) is 16.9 Å². The van der Waals surface area contributed by atoms with Gasteiger partial charge in [0.05, 0.1) is 11.0 Å². The van der Waals surface area contributed by atoms with Crippen molar-refractivity contribution in [1.29, 1.82) is 0 Å². The van der Waals surface area contributed by atoms with E-state index in [0.29, 0.717) is 0 Å². The van der Waals surface area contributed by atoms with E-state index >= 15 is 0 Å². The van der Waals surface area contributed by atoms with E-state index in [1.54, 1.807) is 0 Å². The Morgan fingerprint density at radius 1 is 1.32 bits per heavy atom. The molecule has 1 aromatic heterocycles. The first-order chi connectivity index (χ1) is 9.38. The molecule has 1 N–H and O–H groups in total. The molecular formula is C16H21N3. The molecule has 0 atom stereocenters. The van der Waals surface area contributed by atoms with Crippen LogP contribution < -0.4 is 5.32 Å². The van der Waals surface area contributed by atoms with Gasteiger partial charge in [-0.15, -0.1) is 0 Å². The molecule has 3 heteroatoms. The van der Waals surface area contributed by atoms with E-state index in [2.05, 4.69) is 47.1 Å². The third-order valence-electron chi connectivity index (χ3n) is 3.72. The second kappa shape index (κ2) is 5.57. The standard InChI is InChI=1S/C16H21N3/c1-2-11-19-15-6-4-3-5-14(15)18-16(19)12-13-7-9-17-10-8-13/h3-7,17H,2,8-12H2,1H3. The molecule has 1 aliphatic rings. The second-order valence-electron chi connectivity index (χ2n) is 5.16. The van der Waals surface area contributed by atoms with Crippen molar-refractivity contribution < 1.29 is 0 Å². The van der Waals surface area contributed by atoms with Gasteiger partial charge in [0.1, 0.15) is 5.82 Å². The number of fused-ring (bicyclic) bond motifs is 1. The molecule has 100 valence electrons. The summed E-state index contributed by atoms with van der Waals surface area (Å²) in [6.45, 7) is 5.38. The predicted octanol–water partition coefficient (Wildman–Crippen LogP) is 2.91. The van der Waals surface area contributed by atoms with E-state index in [9.17, 15) is 0 Å². The van der Waals surface area contributed by atoms with Gasteiger partial charge in [-0.3, -0.25) is 0 Å². The summed E-state index contributed by atoms with van der Waals surface area (Å²) < 4.78 is 2.39. The number of hydrogen-bond donors (Lipinski definition) is 1. The van der Waals surface area contributed by atoms with Crippen LogP contribution in [0, 0.1) is 0 Å². The summed E-state index contributed by atoms with van der Waals surface area (Å²) in [7, 11) is 0. The Hall–Kier alpha value is -1.61. The largest absolute Gasteiger partial charge is 0.328 e. The quantitative estimate of drug-likeness (QED) is 0.851. The van der Waals surface area contributed by atoms with Crippen LogP contribution in [-0.4, -0.2) is 22.6 Å². The molecular weight excluding hydrogens is 234 g/mol. The van der Waals surface area contributed by atoms with Crippen LogP contribution >= 0.6 is 0 Å². The lowest BCUT2D eigenvalue weighted by Gasteiger charge is -2.14. The number of rotatable bonds is 4. The molecule has 0 saturated heterocycles. The molecule has 1 aliphatic heterocycles. The fourth-order valence-electron chi connectivity index (χ4n) is 2.77. The third kappa shape index (κ3) is 2.56. The van der Waals surface area contributed by atoms with Gasteiger partial charge < -0.3 is 9.88 Å². The Bertz CT molecular complexity index is 595. The van der Waals surface area contributed by atoms with Gasteiger partial charge in [0.15, 0.2) is 0 Å². The molecule has 3 rings (SSSR count). The average Bonchev–Trinajstić information content (AvgIpc) is 2.79. The van der Waals surface area contributed by atoms with Crippen molar-refractivity contribution in [1.82, 2.24) is 14.9 Å². The topological polar surface area (TPSA) is 29.9 Å². The molecule has 0 amide bonds. The van der Waals surface area contributed by atoms with E-state index in [0.717, 1.165) is 44.4 Å². The lowest BCUT2D eigenvalue weighted by atomic mass is 10.1. The molecule has 0 saturated carbocycles. The van der Waals surface area contributed by atoms with Crippen LogP contribution in [-0.2, 0) is 13.0 Å². The number of aryl methyl sites for hydroxylation is 1. The summed E-state index contributed by atoms with van der Waals surface area (Å²) in [5.74, 6) is 1.22. The van der Waals surface area contributed by atoms with Gasteiger partial charge in [0, 0.05) is 19.5 Å². The first-order valence-corrected chi connectivity index (χ1v) is 7.21. The molecule has 0 fully saturated rings. The van der Waals surface area contributed by atoms with Crippen molar-refractivity contribution in [2.45, 2.75) is 32.7 Å². The molecule has 0 radical (unpaired) electrons. The molecule has 2 heterocycles. The lowest BCUT2D eigenvalue weighted by Crippen LogP contribution is -2.21. The number of para-hydroxylation sites is 2. The number of benzene rings is 1. The zero-order valence-corrected chi connectivity index (χ0v) is 11.5. The minimum absolute atomic E-state index is 0.996. The Kier molecular flexibility index (Phi) is 3.65. The number of nitrogens with one attached hydrogen (secondary N) is 1. The highest BCUT2D eigenvalue weighted by molar-refractivity contribution is 5.76. The summed E-state index contributed by atoms with van der Waals surface area (Å²) >= 11 is 0. The van der Waals surface area contributed by atoms with Crippen molar-refractivity contribution in [3.05, 3.63) is 41.7 Å². The second-order valence-corrected chi connectivity index (χ2v) is 5.16. The van der Waals surface area contributed by atoms with Crippen LogP contribution in [0.3, 0.4) is 0 Å². The molecule has 3 nitrogen and oxygen atoms in total. The average molecular weight is 255 g/mol. The van der Waals surface area contributed by atoms with Crippen LogP contribution in [0.1, 0.15) is 25.6 Å². The number of hydrogen-bond acceptors (Lipinski definition) is 2. The van der Waals surface area contributed by atoms with Crippen LogP contribution in [0.2, 0.25) is 0 Å². The molecule has 0 unspecified atom stereocenters. The summed E-state index contributed by atoms with van der Waals surface area (Å²) in [4.78, 5) is 4.83. The molecule has 0 aliphatic carbocycles. The van der Waals surface area contributed by atoms with Crippen molar-refractivity contribution in [2.75, 3.05) is 13.1 Å². The first-order valence-electron chi connectivity index (χ1n) is 7.21. The molecule has 19 heavy (non-hydrogen) atoms. The maximum Gasteiger partial charge on any atom is 0.113 e. The summed E-state index contributed by atoms with van der Waals surface area (Å²) in [6.07, 6.45) is 5.61. The summed E-state index contributed by atoms with van der Waals surface area (Å²) in [5, 5.41) is 3.36. The van der Waals surface area contributed by atoms with Crippen LogP contribution in [0.5, 0.6) is 0 Å². The lowest BCUT2D eigenvalue weighted by molar-refractivity contribution is 0.642. The zero-order chi connectivity index (χ0) is 13.1. The van der Waals surface area contributed by atoms with Gasteiger partial charge in [-0.2, -0.15) is 0 Å². The van der Waals surface area contributed by atoms with E-state index in [-0.39, 0.29) is 0 Å². The van der Waals surface area contributed by atoms with Gasteiger partial charge in [0.2, 0.25) is 0 Å². The number of imidazole rings is 1. The van der Waals surface area contributed by atoms with E-state index < -0.39 is 0 Å². The van der Waals surface area contributed by atoms with Crippen molar-refractivity contribution in [3.63, 3.8) is 0 Å². The predicted molar refractivity (Wildman–Crippen MR) is 79.3 cm³/mol. The van der Waals surface area contributed by atoms with Gasteiger partial charge >= 0.3 is 0 Å². The van der Waals surface area contributed by atoms with Gasteiger partial charge in [-0.05, 0) is 31.5 Å². The Labute approximate surface area is 114 Å². The molecule has 0 bridgehead atoms. The minimum Gasteiger partial charge on any atom is -0.328 e. The van der Waals surface area contributed by atoms with Crippen molar-refractivity contribution >= 4 is 11.0 Å². The third-order valence-corrected chi connectivity index (χ3v) is 3.72. The number of nitrogens with zero attached hydrogens (tertiary/aromatic N) is 2. The summed E-state index contributed by atoms with van der Waals surface area (Å²) in [6, 6.07) is 8.46. The van der Waals surface area contributed by atoms with Gasteiger partial charge in [-0.25, -0.2) is 4.98 Å². The van der Waals surface area contributed by atoms with Crippen molar-refractivity contribution in [2.24, 2.45) is 0 Å². The highest BCUT2D eigenvalue weighted by atomic mass is 15.1. The molecule has 0 spiro atoms.